The molecule has 6 nitrogen and oxygen atoms in total. The van der Waals surface area contributed by atoms with E-state index in [-0.39, 0.29) is 24.2 Å². The summed E-state index contributed by atoms with van der Waals surface area (Å²) in [7, 11) is 0. The second-order valence-corrected chi connectivity index (χ2v) is 6.81. The van der Waals surface area contributed by atoms with Crippen molar-refractivity contribution in [1.82, 2.24) is 15.0 Å². The van der Waals surface area contributed by atoms with Crippen LogP contribution in [0.2, 0.25) is 0 Å². The zero-order valence-electron chi connectivity index (χ0n) is 14.0. The Morgan fingerprint density at radius 3 is 2.96 bits per heavy atom. The first-order valence-corrected chi connectivity index (χ1v) is 8.59. The third kappa shape index (κ3) is 3.71. The maximum Gasteiger partial charge on any atom is 0.257 e. The molecule has 2 aromatic rings. The number of rotatable bonds is 4. The van der Waals surface area contributed by atoms with E-state index in [0.29, 0.717) is 30.5 Å². The molecule has 1 amide bonds. The Morgan fingerprint density at radius 1 is 1.36 bits per heavy atom. The number of carbonyl (C=O) groups excluding carboxylic acids is 1. The summed E-state index contributed by atoms with van der Waals surface area (Å²) in [6.07, 6.45) is 1.80. The van der Waals surface area contributed by atoms with Gasteiger partial charge in [0.25, 0.3) is 5.89 Å². The van der Waals surface area contributed by atoms with Gasteiger partial charge in [0.15, 0.2) is 11.9 Å². The van der Waals surface area contributed by atoms with E-state index in [4.69, 9.17) is 9.26 Å². The minimum absolute atomic E-state index is 0.0623. The second kappa shape index (κ2) is 6.55. The molecule has 132 valence electrons. The summed E-state index contributed by atoms with van der Waals surface area (Å²) in [5.41, 5.74) is 0.662. The van der Waals surface area contributed by atoms with E-state index >= 15 is 0 Å². The molecule has 0 radical (unpaired) electrons. The first-order chi connectivity index (χ1) is 12.1. The molecule has 1 aliphatic heterocycles. The van der Waals surface area contributed by atoms with Crippen molar-refractivity contribution in [1.29, 1.82) is 0 Å². The number of hydrogen-bond acceptors (Lipinski definition) is 5. The van der Waals surface area contributed by atoms with E-state index in [1.54, 1.807) is 17.0 Å². The summed E-state index contributed by atoms with van der Waals surface area (Å²) in [5, 5.41) is 4.01. The van der Waals surface area contributed by atoms with Crippen molar-refractivity contribution >= 4 is 5.91 Å². The molecule has 4 rings (SSSR count). The van der Waals surface area contributed by atoms with Gasteiger partial charge < -0.3 is 14.2 Å². The van der Waals surface area contributed by atoms with Crippen molar-refractivity contribution in [3.63, 3.8) is 0 Å². The highest BCUT2D eigenvalue weighted by Crippen LogP contribution is 2.39. The van der Waals surface area contributed by atoms with Crippen LogP contribution in [0.25, 0.3) is 0 Å². The Morgan fingerprint density at radius 2 is 2.20 bits per heavy atom. The monoisotopic (exact) mass is 345 g/mol. The number of nitrogens with zero attached hydrogens (tertiary/aromatic N) is 3. The molecule has 1 aromatic heterocycles. The smallest absolute Gasteiger partial charge is 0.257 e. The van der Waals surface area contributed by atoms with Gasteiger partial charge in [-0.1, -0.05) is 17.3 Å². The van der Waals surface area contributed by atoms with Crippen LogP contribution in [0.5, 0.6) is 0 Å². The molecule has 2 fully saturated rings. The van der Waals surface area contributed by atoms with Gasteiger partial charge in [-0.15, -0.1) is 0 Å². The second-order valence-electron chi connectivity index (χ2n) is 6.81. The molecule has 7 heteroatoms. The fourth-order valence-corrected chi connectivity index (χ4v) is 3.11. The molecule has 1 aliphatic carbocycles. The number of halogens is 1. The number of amides is 1. The van der Waals surface area contributed by atoms with Gasteiger partial charge in [0.1, 0.15) is 5.82 Å². The summed E-state index contributed by atoms with van der Waals surface area (Å²) in [6, 6.07) is 6.12. The van der Waals surface area contributed by atoms with E-state index in [0.717, 1.165) is 18.7 Å². The van der Waals surface area contributed by atoms with Gasteiger partial charge in [-0.05, 0) is 37.5 Å². The zero-order valence-corrected chi connectivity index (χ0v) is 14.0. The molecule has 25 heavy (non-hydrogen) atoms. The quantitative estimate of drug-likeness (QED) is 0.852. The minimum Gasteiger partial charge on any atom is -0.362 e. The van der Waals surface area contributed by atoms with Gasteiger partial charge in [-0.3, -0.25) is 4.79 Å². The van der Waals surface area contributed by atoms with E-state index in [9.17, 15) is 9.18 Å². The minimum atomic E-state index is -0.416. The third-order valence-corrected chi connectivity index (χ3v) is 4.53. The van der Waals surface area contributed by atoms with Gasteiger partial charge in [0, 0.05) is 12.5 Å². The summed E-state index contributed by atoms with van der Waals surface area (Å²) in [6.45, 7) is 2.77. The standard InChI is InChI=1S/C18H20FN3O3/c1-11-9-22(16(23)8-12-3-2-4-14(19)7-12)10-15(24-11)18-20-17(21-25-18)13-5-6-13/h2-4,7,11,13,15H,5-6,8-10H2,1H3/t11-,15-/m1/s1. The number of carbonyl (C=O) groups is 1. The molecular weight excluding hydrogens is 325 g/mol. The molecule has 2 atom stereocenters. The molecular formula is C18H20FN3O3. The van der Waals surface area contributed by atoms with Crippen LogP contribution < -0.4 is 0 Å². The number of ether oxygens (including phenoxy) is 1. The number of benzene rings is 1. The number of aromatic nitrogens is 2. The lowest BCUT2D eigenvalue weighted by atomic mass is 10.1. The van der Waals surface area contributed by atoms with E-state index in [2.05, 4.69) is 10.1 Å². The highest BCUT2D eigenvalue weighted by molar-refractivity contribution is 5.79. The van der Waals surface area contributed by atoms with Crippen LogP contribution in [0.3, 0.4) is 0 Å². The fourth-order valence-electron chi connectivity index (χ4n) is 3.11. The molecule has 2 aliphatic rings. The van der Waals surface area contributed by atoms with Gasteiger partial charge in [-0.2, -0.15) is 4.98 Å². The van der Waals surface area contributed by atoms with Crippen molar-refractivity contribution < 1.29 is 18.4 Å². The van der Waals surface area contributed by atoms with Crippen LogP contribution in [0.1, 0.15) is 49.1 Å². The Balaban J connectivity index is 1.44. The highest BCUT2D eigenvalue weighted by atomic mass is 19.1. The van der Waals surface area contributed by atoms with Crippen molar-refractivity contribution in [3.8, 4) is 0 Å². The van der Waals surface area contributed by atoms with Crippen LogP contribution in [0.4, 0.5) is 4.39 Å². The molecule has 1 aromatic carbocycles. The lowest BCUT2D eigenvalue weighted by Crippen LogP contribution is -2.46. The Labute approximate surface area is 145 Å². The van der Waals surface area contributed by atoms with Crippen LogP contribution in [-0.2, 0) is 16.0 Å². The maximum atomic E-state index is 13.3. The van der Waals surface area contributed by atoms with Crippen molar-refractivity contribution in [2.24, 2.45) is 0 Å². The molecule has 0 unspecified atom stereocenters. The molecule has 0 bridgehead atoms. The lowest BCUT2D eigenvalue weighted by molar-refractivity contribution is -0.146. The zero-order chi connectivity index (χ0) is 17.4. The molecule has 0 N–H and O–H groups in total. The van der Waals surface area contributed by atoms with Crippen LogP contribution in [0, 0.1) is 5.82 Å². The maximum absolute atomic E-state index is 13.3. The van der Waals surface area contributed by atoms with Crippen LogP contribution >= 0.6 is 0 Å². The summed E-state index contributed by atoms with van der Waals surface area (Å²) >= 11 is 0. The normalized spacial score (nSPS) is 23.7. The summed E-state index contributed by atoms with van der Waals surface area (Å²) in [5.74, 6) is 1.17. The Kier molecular flexibility index (Phi) is 4.25. The molecule has 2 heterocycles. The summed E-state index contributed by atoms with van der Waals surface area (Å²) in [4.78, 5) is 18.8. The fraction of sp³-hybridized carbons (Fsp3) is 0.500. The average molecular weight is 345 g/mol. The molecule has 0 spiro atoms. The van der Waals surface area contributed by atoms with Crippen molar-refractivity contribution in [2.45, 2.75) is 44.3 Å². The van der Waals surface area contributed by atoms with Gasteiger partial charge in [0.05, 0.1) is 19.1 Å². The van der Waals surface area contributed by atoms with E-state index in [1.807, 2.05) is 6.92 Å². The largest absolute Gasteiger partial charge is 0.362 e. The first-order valence-electron chi connectivity index (χ1n) is 8.59. The van der Waals surface area contributed by atoms with Crippen molar-refractivity contribution in [3.05, 3.63) is 47.4 Å². The third-order valence-electron chi connectivity index (χ3n) is 4.53. The number of hydrogen-bond donors (Lipinski definition) is 0. The van der Waals surface area contributed by atoms with Gasteiger partial charge >= 0.3 is 0 Å². The average Bonchev–Trinajstić information content (AvgIpc) is 3.31. The predicted molar refractivity (Wildman–Crippen MR) is 86.2 cm³/mol. The number of morpholine rings is 1. The van der Waals surface area contributed by atoms with Gasteiger partial charge in [-0.25, -0.2) is 4.39 Å². The topological polar surface area (TPSA) is 68.5 Å². The van der Waals surface area contributed by atoms with Crippen molar-refractivity contribution in [2.75, 3.05) is 13.1 Å². The summed E-state index contributed by atoms with van der Waals surface area (Å²) < 4.78 is 24.5. The van der Waals surface area contributed by atoms with Crippen LogP contribution in [0.15, 0.2) is 28.8 Å². The highest BCUT2D eigenvalue weighted by Gasteiger charge is 2.35. The SMILES string of the molecule is C[C@@H]1CN(C(=O)Cc2cccc(F)c2)C[C@H](c2nc(C3CC3)no2)O1. The first kappa shape index (κ1) is 16.2. The van der Waals surface area contributed by atoms with Gasteiger partial charge in [0.2, 0.25) is 5.91 Å². The molecule has 1 saturated heterocycles. The van der Waals surface area contributed by atoms with Crippen LogP contribution in [-0.4, -0.2) is 40.1 Å². The predicted octanol–water partition coefficient (Wildman–Crippen LogP) is 2.62. The Bertz CT molecular complexity index is 774. The Hall–Kier alpha value is -2.28. The van der Waals surface area contributed by atoms with E-state index in [1.165, 1.54) is 12.1 Å². The lowest BCUT2D eigenvalue weighted by Gasteiger charge is -2.35. The van der Waals surface area contributed by atoms with E-state index < -0.39 is 6.10 Å². The molecule has 1 saturated carbocycles.